The van der Waals surface area contributed by atoms with Gasteiger partial charge < -0.3 is 15.5 Å². The lowest BCUT2D eigenvalue weighted by atomic mass is 10.2. The van der Waals surface area contributed by atoms with Gasteiger partial charge in [0, 0.05) is 17.7 Å². The largest absolute Gasteiger partial charge is 0.480 e. The molecule has 0 aliphatic carbocycles. The van der Waals surface area contributed by atoms with Gasteiger partial charge in [-0.1, -0.05) is 0 Å². The molecule has 1 aromatic carbocycles. The van der Waals surface area contributed by atoms with E-state index in [0.717, 1.165) is 12.1 Å². The van der Waals surface area contributed by atoms with E-state index in [-0.39, 0.29) is 11.3 Å². The molecule has 0 radical (unpaired) electrons. The number of aliphatic hydroxyl groups excluding tert-OH is 1. The van der Waals surface area contributed by atoms with Gasteiger partial charge in [0.25, 0.3) is 11.6 Å². The fraction of sp³-hybridized carbons (Fsp3) is 0.200. The second-order valence-electron chi connectivity index (χ2n) is 3.35. The van der Waals surface area contributed by atoms with E-state index < -0.39 is 29.4 Å². The molecule has 96 valence electrons. The third kappa shape index (κ3) is 3.25. The van der Waals surface area contributed by atoms with E-state index in [1.54, 1.807) is 0 Å². The van der Waals surface area contributed by atoms with E-state index in [0.29, 0.717) is 0 Å². The predicted molar refractivity (Wildman–Crippen MR) is 59.1 cm³/mol. The highest BCUT2D eigenvalue weighted by Gasteiger charge is 2.19. The average molecular weight is 254 g/mol. The standard InChI is InChI=1S/C10H10N2O6/c13-5-8(10(15)16)11-9(14)6-1-3-7(4-2-6)12(17)18/h1-4,8,13H,5H2,(H,11,14)(H,15,16). The summed E-state index contributed by atoms with van der Waals surface area (Å²) in [5.74, 6) is -2.10. The first-order chi connectivity index (χ1) is 8.45. The van der Waals surface area contributed by atoms with E-state index in [4.69, 9.17) is 10.2 Å². The molecule has 1 amide bonds. The van der Waals surface area contributed by atoms with Crippen LogP contribution in [0.5, 0.6) is 0 Å². The lowest BCUT2D eigenvalue weighted by molar-refractivity contribution is -0.384. The van der Waals surface area contributed by atoms with Crippen LogP contribution in [-0.4, -0.2) is 39.7 Å². The van der Waals surface area contributed by atoms with Gasteiger partial charge in [0.2, 0.25) is 0 Å². The first-order valence-electron chi connectivity index (χ1n) is 4.84. The summed E-state index contributed by atoms with van der Waals surface area (Å²) in [6.45, 7) is -0.742. The number of hydrogen-bond donors (Lipinski definition) is 3. The van der Waals surface area contributed by atoms with Crippen LogP contribution in [0, 0.1) is 10.1 Å². The maximum atomic E-state index is 11.5. The topological polar surface area (TPSA) is 130 Å². The fourth-order valence-electron chi connectivity index (χ4n) is 1.16. The Bertz CT molecular complexity index is 470. The average Bonchev–Trinajstić information content (AvgIpc) is 2.35. The van der Waals surface area contributed by atoms with Crippen LogP contribution < -0.4 is 5.32 Å². The van der Waals surface area contributed by atoms with Crippen LogP contribution in [0.4, 0.5) is 5.69 Å². The number of nitro groups is 1. The number of carbonyl (C=O) groups excluding carboxylic acids is 1. The number of nitrogens with one attached hydrogen (secondary N) is 1. The Morgan fingerprint density at radius 1 is 1.33 bits per heavy atom. The molecule has 0 aromatic heterocycles. The van der Waals surface area contributed by atoms with Crippen LogP contribution in [0.3, 0.4) is 0 Å². The summed E-state index contributed by atoms with van der Waals surface area (Å²) in [5, 5.41) is 29.8. The van der Waals surface area contributed by atoms with Crippen molar-refractivity contribution in [3.63, 3.8) is 0 Å². The Hall–Kier alpha value is -2.48. The first kappa shape index (κ1) is 13.6. The Morgan fingerprint density at radius 2 is 1.89 bits per heavy atom. The molecule has 1 atom stereocenters. The molecule has 3 N–H and O–H groups in total. The highest BCUT2D eigenvalue weighted by atomic mass is 16.6. The Morgan fingerprint density at radius 3 is 2.28 bits per heavy atom. The minimum absolute atomic E-state index is 0.0697. The highest BCUT2D eigenvalue weighted by molar-refractivity contribution is 5.96. The van der Waals surface area contributed by atoms with Gasteiger partial charge in [-0.3, -0.25) is 14.9 Å². The predicted octanol–water partition coefficient (Wildman–Crippen LogP) is -0.230. The number of carboxylic acids is 1. The molecular formula is C10H10N2O6. The second-order valence-corrected chi connectivity index (χ2v) is 3.35. The minimum Gasteiger partial charge on any atom is -0.480 e. The van der Waals surface area contributed by atoms with Crippen molar-refractivity contribution in [1.29, 1.82) is 0 Å². The third-order valence-electron chi connectivity index (χ3n) is 2.13. The maximum absolute atomic E-state index is 11.5. The van der Waals surface area contributed by atoms with Crippen molar-refractivity contribution in [2.75, 3.05) is 6.61 Å². The van der Waals surface area contributed by atoms with E-state index in [1.165, 1.54) is 12.1 Å². The molecule has 1 rings (SSSR count). The Balaban J connectivity index is 2.78. The third-order valence-corrected chi connectivity index (χ3v) is 2.13. The Kier molecular flexibility index (Phi) is 4.33. The van der Waals surface area contributed by atoms with Crippen molar-refractivity contribution in [3.05, 3.63) is 39.9 Å². The number of non-ortho nitro benzene ring substituents is 1. The highest BCUT2D eigenvalue weighted by Crippen LogP contribution is 2.11. The summed E-state index contributed by atoms with van der Waals surface area (Å²) >= 11 is 0. The van der Waals surface area contributed by atoms with Crippen LogP contribution in [0.2, 0.25) is 0 Å². The zero-order valence-electron chi connectivity index (χ0n) is 9.07. The molecule has 0 saturated heterocycles. The van der Waals surface area contributed by atoms with Crippen molar-refractivity contribution in [3.8, 4) is 0 Å². The number of aliphatic hydroxyl groups is 1. The molecule has 0 bridgehead atoms. The van der Waals surface area contributed by atoms with E-state index >= 15 is 0 Å². The summed E-state index contributed by atoms with van der Waals surface area (Å²) in [5.41, 5.74) is -0.108. The van der Waals surface area contributed by atoms with Crippen molar-refractivity contribution < 1.29 is 24.7 Å². The van der Waals surface area contributed by atoms with Crippen LogP contribution in [0.15, 0.2) is 24.3 Å². The fourth-order valence-corrected chi connectivity index (χ4v) is 1.16. The zero-order chi connectivity index (χ0) is 13.7. The normalized spacial score (nSPS) is 11.6. The molecule has 0 fully saturated rings. The van der Waals surface area contributed by atoms with Crippen molar-refractivity contribution in [2.45, 2.75) is 6.04 Å². The molecule has 8 heteroatoms. The monoisotopic (exact) mass is 254 g/mol. The quantitative estimate of drug-likeness (QED) is 0.491. The number of hydrogen-bond acceptors (Lipinski definition) is 5. The van der Waals surface area contributed by atoms with Gasteiger partial charge in [-0.05, 0) is 12.1 Å². The number of amides is 1. The first-order valence-corrected chi connectivity index (χ1v) is 4.84. The Labute approximate surface area is 101 Å². The molecule has 0 saturated carbocycles. The SMILES string of the molecule is O=C(NC(CO)C(=O)O)c1ccc([N+](=O)[O-])cc1. The molecule has 0 spiro atoms. The zero-order valence-corrected chi connectivity index (χ0v) is 9.07. The summed E-state index contributed by atoms with van der Waals surface area (Å²) in [7, 11) is 0. The second kappa shape index (κ2) is 5.73. The van der Waals surface area contributed by atoms with Crippen LogP contribution in [0.1, 0.15) is 10.4 Å². The van der Waals surface area contributed by atoms with Crippen LogP contribution in [0.25, 0.3) is 0 Å². The van der Waals surface area contributed by atoms with Crippen molar-refractivity contribution >= 4 is 17.6 Å². The minimum atomic E-state index is -1.41. The van der Waals surface area contributed by atoms with Crippen LogP contribution >= 0.6 is 0 Å². The summed E-state index contributed by atoms with van der Waals surface area (Å²) in [4.78, 5) is 31.9. The lowest BCUT2D eigenvalue weighted by Crippen LogP contribution is -2.43. The molecule has 1 unspecified atom stereocenters. The van der Waals surface area contributed by atoms with Crippen molar-refractivity contribution in [1.82, 2.24) is 5.32 Å². The van der Waals surface area contributed by atoms with E-state index in [1.807, 2.05) is 0 Å². The maximum Gasteiger partial charge on any atom is 0.328 e. The lowest BCUT2D eigenvalue weighted by Gasteiger charge is -2.11. The molecule has 8 nitrogen and oxygen atoms in total. The van der Waals surface area contributed by atoms with Gasteiger partial charge in [0.1, 0.15) is 0 Å². The number of benzene rings is 1. The van der Waals surface area contributed by atoms with Gasteiger partial charge in [-0.15, -0.1) is 0 Å². The van der Waals surface area contributed by atoms with E-state index in [9.17, 15) is 19.7 Å². The summed E-state index contributed by atoms with van der Waals surface area (Å²) in [6.07, 6.45) is 0. The number of aliphatic carboxylic acids is 1. The smallest absolute Gasteiger partial charge is 0.328 e. The molecular weight excluding hydrogens is 244 g/mol. The number of carbonyl (C=O) groups is 2. The van der Waals surface area contributed by atoms with Gasteiger partial charge in [0.05, 0.1) is 11.5 Å². The van der Waals surface area contributed by atoms with Crippen LogP contribution in [-0.2, 0) is 4.79 Å². The number of nitro benzene ring substituents is 1. The molecule has 1 aromatic rings. The van der Waals surface area contributed by atoms with Gasteiger partial charge in [-0.2, -0.15) is 0 Å². The summed E-state index contributed by atoms with van der Waals surface area (Å²) in [6, 6.07) is 3.24. The summed E-state index contributed by atoms with van der Waals surface area (Å²) < 4.78 is 0. The number of nitrogens with zero attached hydrogens (tertiary/aromatic N) is 1. The molecule has 0 aliphatic rings. The van der Waals surface area contributed by atoms with Gasteiger partial charge in [-0.25, -0.2) is 4.79 Å². The van der Waals surface area contributed by atoms with Gasteiger partial charge >= 0.3 is 5.97 Å². The molecule has 0 aliphatic heterocycles. The number of carboxylic acid groups (broad SMARTS) is 1. The van der Waals surface area contributed by atoms with Gasteiger partial charge in [0.15, 0.2) is 6.04 Å². The van der Waals surface area contributed by atoms with Crippen molar-refractivity contribution in [2.24, 2.45) is 0 Å². The molecule has 18 heavy (non-hydrogen) atoms. The molecule has 0 heterocycles. The van der Waals surface area contributed by atoms with E-state index in [2.05, 4.69) is 5.32 Å². The number of rotatable bonds is 5.